The number of methoxy groups -OCH3 is 1. The average Bonchev–Trinajstić information content (AvgIpc) is 3.16. The minimum absolute atomic E-state index is 0.334. The van der Waals surface area contributed by atoms with Gasteiger partial charge in [-0.3, -0.25) is 24.3 Å². The Morgan fingerprint density at radius 1 is 1.10 bits per heavy atom. The number of nitrogens with one attached hydrogen (secondary N) is 2. The van der Waals surface area contributed by atoms with Crippen LogP contribution in [0.5, 0.6) is 5.75 Å². The molecular weight excluding hydrogens is 393 g/mol. The van der Waals surface area contributed by atoms with E-state index in [1.165, 1.54) is 24.1 Å². The van der Waals surface area contributed by atoms with E-state index in [4.69, 9.17) is 4.74 Å². The van der Waals surface area contributed by atoms with Crippen molar-refractivity contribution in [1.29, 1.82) is 0 Å². The molecule has 0 bridgehead atoms. The van der Waals surface area contributed by atoms with Crippen LogP contribution < -0.4 is 20.4 Å². The number of nitrogens with zero attached hydrogens (tertiary/aromatic N) is 3. The van der Waals surface area contributed by atoms with Crippen molar-refractivity contribution >= 4 is 29.1 Å². The molecule has 156 valence electrons. The van der Waals surface area contributed by atoms with Crippen LogP contribution in [0.15, 0.2) is 48.5 Å². The molecule has 0 saturated carbocycles. The minimum Gasteiger partial charge on any atom is -0.495 e. The summed E-state index contributed by atoms with van der Waals surface area (Å²) in [6.45, 7) is 0.425. The summed E-state index contributed by atoms with van der Waals surface area (Å²) < 4.78 is 18.5. The Labute approximate surface area is 172 Å². The van der Waals surface area contributed by atoms with Crippen LogP contribution >= 0.6 is 0 Å². The van der Waals surface area contributed by atoms with Gasteiger partial charge in [0.2, 0.25) is 5.91 Å². The molecule has 2 heterocycles. The topological polar surface area (TPSA) is 94.2 Å². The molecule has 1 atom stereocenters. The number of halogens is 1. The normalized spacial score (nSPS) is 18.5. The molecule has 30 heavy (non-hydrogen) atoms. The first-order valence-corrected chi connectivity index (χ1v) is 9.31. The number of carbonyl (C=O) groups is 3. The van der Waals surface area contributed by atoms with Gasteiger partial charge in [-0.25, -0.2) is 4.39 Å². The van der Waals surface area contributed by atoms with Crippen molar-refractivity contribution in [1.82, 2.24) is 15.3 Å². The third kappa shape index (κ3) is 3.64. The molecule has 2 aromatic rings. The van der Waals surface area contributed by atoms with Gasteiger partial charge < -0.3 is 15.0 Å². The first-order chi connectivity index (χ1) is 14.5. The van der Waals surface area contributed by atoms with Gasteiger partial charge in [0.1, 0.15) is 18.1 Å². The van der Waals surface area contributed by atoms with Gasteiger partial charge in [-0.05, 0) is 36.4 Å². The second-order valence-corrected chi connectivity index (χ2v) is 6.81. The lowest BCUT2D eigenvalue weighted by atomic mass is 10.3. The maximum atomic E-state index is 13.3. The van der Waals surface area contributed by atoms with Gasteiger partial charge in [0.05, 0.1) is 12.8 Å². The van der Waals surface area contributed by atoms with Crippen molar-refractivity contribution in [3.8, 4) is 5.75 Å². The first kappa shape index (κ1) is 19.6. The highest BCUT2D eigenvalue weighted by Crippen LogP contribution is 2.26. The summed E-state index contributed by atoms with van der Waals surface area (Å²) in [5.74, 6) is -1.90. The van der Waals surface area contributed by atoms with Crippen LogP contribution in [0.3, 0.4) is 0 Å². The summed E-state index contributed by atoms with van der Waals surface area (Å²) >= 11 is 0. The summed E-state index contributed by atoms with van der Waals surface area (Å²) in [4.78, 5) is 40.7. The van der Waals surface area contributed by atoms with Crippen LogP contribution in [0.25, 0.3) is 0 Å². The Bertz CT molecular complexity index is 983. The fraction of sp³-hybridized carbons (Fsp3) is 0.250. The van der Waals surface area contributed by atoms with Crippen molar-refractivity contribution in [2.24, 2.45) is 0 Å². The molecule has 3 amide bonds. The highest BCUT2D eigenvalue weighted by atomic mass is 19.1. The van der Waals surface area contributed by atoms with Crippen molar-refractivity contribution in [2.75, 3.05) is 37.0 Å². The Morgan fingerprint density at radius 2 is 1.80 bits per heavy atom. The van der Waals surface area contributed by atoms with Gasteiger partial charge in [-0.2, -0.15) is 5.43 Å². The van der Waals surface area contributed by atoms with Crippen LogP contribution in [0.4, 0.5) is 15.8 Å². The van der Waals surface area contributed by atoms with Gasteiger partial charge in [0, 0.05) is 18.8 Å². The SMILES string of the molecule is COc1ccccc1NC(=O)CN1NC2N(CCN2c2ccc(F)cc2)C(=O)C1=O. The molecule has 4 rings (SSSR count). The van der Waals surface area contributed by atoms with Gasteiger partial charge in [0.15, 0.2) is 6.29 Å². The molecule has 0 radical (unpaired) electrons. The van der Waals surface area contributed by atoms with Crippen LogP contribution in [0.2, 0.25) is 0 Å². The monoisotopic (exact) mass is 413 g/mol. The molecule has 9 nitrogen and oxygen atoms in total. The summed E-state index contributed by atoms with van der Waals surface area (Å²) in [6.07, 6.45) is -0.653. The van der Waals surface area contributed by atoms with Gasteiger partial charge in [0.25, 0.3) is 0 Å². The number of hydrazine groups is 1. The number of amides is 3. The van der Waals surface area contributed by atoms with Crippen molar-refractivity contribution in [3.05, 3.63) is 54.3 Å². The molecule has 2 aromatic carbocycles. The predicted octanol–water partition coefficient (Wildman–Crippen LogP) is 0.752. The number of hydrogen-bond acceptors (Lipinski definition) is 6. The lowest BCUT2D eigenvalue weighted by Gasteiger charge is -2.40. The lowest BCUT2D eigenvalue weighted by Crippen LogP contribution is -2.68. The summed E-state index contributed by atoms with van der Waals surface area (Å²) in [7, 11) is 1.48. The Balaban J connectivity index is 1.48. The van der Waals surface area contributed by atoms with E-state index >= 15 is 0 Å². The van der Waals surface area contributed by atoms with Crippen molar-refractivity contribution < 1.29 is 23.5 Å². The van der Waals surface area contributed by atoms with E-state index in [0.29, 0.717) is 30.2 Å². The molecule has 2 N–H and O–H groups in total. The average molecular weight is 413 g/mol. The predicted molar refractivity (Wildman–Crippen MR) is 106 cm³/mol. The lowest BCUT2D eigenvalue weighted by molar-refractivity contribution is -0.163. The first-order valence-electron chi connectivity index (χ1n) is 9.31. The zero-order valence-corrected chi connectivity index (χ0v) is 16.2. The number of rotatable bonds is 5. The van der Waals surface area contributed by atoms with Gasteiger partial charge in [-0.1, -0.05) is 12.1 Å². The van der Waals surface area contributed by atoms with Crippen LogP contribution in [0.1, 0.15) is 0 Å². The number of para-hydroxylation sites is 2. The zero-order chi connectivity index (χ0) is 21.3. The maximum absolute atomic E-state index is 13.3. The van der Waals surface area contributed by atoms with Gasteiger partial charge in [-0.15, -0.1) is 0 Å². The molecule has 2 aliphatic rings. The zero-order valence-electron chi connectivity index (χ0n) is 16.2. The third-order valence-electron chi connectivity index (χ3n) is 4.97. The number of anilines is 2. The molecule has 0 aliphatic carbocycles. The van der Waals surface area contributed by atoms with E-state index in [0.717, 1.165) is 5.01 Å². The minimum atomic E-state index is -0.817. The highest BCUT2D eigenvalue weighted by Gasteiger charge is 2.45. The van der Waals surface area contributed by atoms with E-state index < -0.39 is 24.0 Å². The summed E-state index contributed by atoms with van der Waals surface area (Å²) in [6, 6.07) is 12.7. The second kappa shape index (κ2) is 7.99. The number of benzene rings is 2. The molecular formula is C20H20FN5O4. The van der Waals surface area contributed by atoms with E-state index in [9.17, 15) is 18.8 Å². The fourth-order valence-electron chi connectivity index (χ4n) is 3.52. The maximum Gasteiger partial charge on any atom is 0.326 e. The van der Waals surface area contributed by atoms with Crippen LogP contribution in [-0.2, 0) is 14.4 Å². The van der Waals surface area contributed by atoms with Crippen molar-refractivity contribution in [2.45, 2.75) is 6.29 Å². The number of carbonyl (C=O) groups excluding carboxylic acids is 3. The number of hydrogen-bond donors (Lipinski definition) is 2. The Kier molecular flexibility index (Phi) is 5.23. The largest absolute Gasteiger partial charge is 0.495 e. The van der Waals surface area contributed by atoms with E-state index in [-0.39, 0.29) is 12.4 Å². The molecule has 2 saturated heterocycles. The molecule has 0 spiro atoms. The van der Waals surface area contributed by atoms with E-state index in [2.05, 4.69) is 10.7 Å². The molecule has 2 fully saturated rings. The summed E-state index contributed by atoms with van der Waals surface area (Å²) in [5.41, 5.74) is 4.08. The quantitative estimate of drug-likeness (QED) is 0.703. The smallest absolute Gasteiger partial charge is 0.326 e. The highest BCUT2D eigenvalue weighted by molar-refractivity contribution is 6.35. The number of ether oxygens (including phenoxy) is 1. The van der Waals surface area contributed by atoms with Crippen LogP contribution in [0, 0.1) is 5.82 Å². The standard InChI is InChI=1S/C20H20FN5O4/c1-30-16-5-3-2-4-15(16)22-17(27)12-26-19(29)18(28)25-11-10-24(20(25)23-26)14-8-6-13(21)7-9-14/h2-9,20,23H,10-12H2,1H3,(H,22,27). The van der Waals surface area contributed by atoms with Crippen LogP contribution in [-0.4, -0.2) is 60.7 Å². The van der Waals surface area contributed by atoms with Gasteiger partial charge >= 0.3 is 11.8 Å². The number of fused-ring (bicyclic) bond motifs is 1. The fourth-order valence-corrected chi connectivity index (χ4v) is 3.52. The second-order valence-electron chi connectivity index (χ2n) is 6.81. The third-order valence-corrected chi connectivity index (χ3v) is 4.97. The summed E-state index contributed by atoms with van der Waals surface area (Å²) in [5, 5.41) is 3.67. The molecule has 10 heteroatoms. The van der Waals surface area contributed by atoms with E-state index in [1.807, 2.05) is 4.90 Å². The molecule has 0 aromatic heterocycles. The Hall–Kier alpha value is -3.66. The Morgan fingerprint density at radius 3 is 2.53 bits per heavy atom. The molecule has 1 unspecified atom stereocenters. The van der Waals surface area contributed by atoms with E-state index in [1.54, 1.807) is 36.4 Å². The van der Waals surface area contributed by atoms with Crippen molar-refractivity contribution in [3.63, 3.8) is 0 Å². The molecule has 2 aliphatic heterocycles.